The topological polar surface area (TPSA) is 50.2 Å². The van der Waals surface area contributed by atoms with Crippen molar-refractivity contribution in [3.63, 3.8) is 0 Å². The Bertz CT molecular complexity index is 706. The van der Waals surface area contributed by atoms with E-state index in [1.165, 1.54) is 0 Å². The molecule has 110 valence electrons. The van der Waals surface area contributed by atoms with Crippen LogP contribution in [0.1, 0.15) is 29.3 Å². The Morgan fingerprint density at radius 1 is 1.29 bits per heavy atom. The SMILES string of the molecule is O=C(O)C1CCCc2sc(-c3c(F)cc(F)cc3F)nc21. The van der Waals surface area contributed by atoms with E-state index in [4.69, 9.17) is 0 Å². The maximum absolute atomic E-state index is 13.8. The van der Waals surface area contributed by atoms with Crippen LogP contribution in [-0.2, 0) is 11.2 Å². The molecule has 1 unspecified atom stereocenters. The molecule has 7 heteroatoms. The molecule has 1 aromatic heterocycles. The monoisotopic (exact) mass is 313 g/mol. The molecule has 3 nitrogen and oxygen atoms in total. The van der Waals surface area contributed by atoms with Crippen molar-refractivity contribution in [2.24, 2.45) is 0 Å². The molecule has 0 saturated heterocycles. The molecule has 1 aliphatic carbocycles. The number of aryl methyl sites for hydroxylation is 1. The molecule has 0 radical (unpaired) electrons. The number of carboxylic acid groups (broad SMARTS) is 1. The third kappa shape index (κ3) is 2.42. The van der Waals surface area contributed by atoms with Gasteiger partial charge in [-0.15, -0.1) is 11.3 Å². The lowest BCUT2D eigenvalue weighted by Gasteiger charge is -2.16. The van der Waals surface area contributed by atoms with E-state index in [1.807, 2.05) is 0 Å². The van der Waals surface area contributed by atoms with Crippen molar-refractivity contribution in [3.8, 4) is 10.6 Å². The lowest BCUT2D eigenvalue weighted by atomic mass is 9.91. The first-order chi connectivity index (χ1) is 9.97. The normalized spacial score (nSPS) is 17.6. The van der Waals surface area contributed by atoms with Gasteiger partial charge in [0.1, 0.15) is 22.5 Å². The number of nitrogens with zero attached hydrogens (tertiary/aromatic N) is 1. The fourth-order valence-corrected chi connectivity index (χ4v) is 3.73. The third-order valence-electron chi connectivity index (χ3n) is 3.47. The smallest absolute Gasteiger partial charge is 0.312 e. The maximum Gasteiger partial charge on any atom is 0.312 e. The molecule has 0 aliphatic heterocycles. The number of benzene rings is 1. The van der Waals surface area contributed by atoms with Crippen molar-refractivity contribution in [1.29, 1.82) is 0 Å². The van der Waals surface area contributed by atoms with Crippen LogP contribution in [0.2, 0.25) is 0 Å². The van der Waals surface area contributed by atoms with Crippen LogP contribution in [0, 0.1) is 17.5 Å². The minimum absolute atomic E-state index is 0.0585. The summed E-state index contributed by atoms with van der Waals surface area (Å²) in [6.07, 6.45) is 1.79. The van der Waals surface area contributed by atoms with E-state index < -0.39 is 34.9 Å². The third-order valence-corrected chi connectivity index (χ3v) is 4.62. The van der Waals surface area contributed by atoms with E-state index in [-0.39, 0.29) is 5.01 Å². The van der Waals surface area contributed by atoms with E-state index in [0.29, 0.717) is 37.1 Å². The number of hydrogen-bond donors (Lipinski definition) is 1. The summed E-state index contributed by atoms with van der Waals surface area (Å²) in [5.74, 6) is -4.81. The minimum Gasteiger partial charge on any atom is -0.481 e. The first-order valence-electron chi connectivity index (χ1n) is 6.34. The van der Waals surface area contributed by atoms with Gasteiger partial charge < -0.3 is 5.11 Å². The summed E-state index contributed by atoms with van der Waals surface area (Å²) < 4.78 is 40.5. The van der Waals surface area contributed by atoms with Gasteiger partial charge in [0.15, 0.2) is 0 Å². The highest BCUT2D eigenvalue weighted by Crippen LogP contribution is 2.39. The van der Waals surface area contributed by atoms with Gasteiger partial charge in [0.25, 0.3) is 0 Å². The molecule has 1 aromatic carbocycles. The van der Waals surface area contributed by atoms with Gasteiger partial charge in [-0.1, -0.05) is 0 Å². The summed E-state index contributed by atoms with van der Waals surface area (Å²) in [6, 6.07) is 1.18. The first kappa shape index (κ1) is 14.1. The Labute approximate surface area is 122 Å². The second-order valence-electron chi connectivity index (χ2n) is 4.85. The fourth-order valence-electron chi connectivity index (χ4n) is 2.51. The van der Waals surface area contributed by atoms with Gasteiger partial charge in [0.05, 0.1) is 17.2 Å². The number of carbonyl (C=O) groups is 1. The van der Waals surface area contributed by atoms with Crippen molar-refractivity contribution in [3.05, 3.63) is 40.2 Å². The largest absolute Gasteiger partial charge is 0.481 e. The predicted molar refractivity (Wildman–Crippen MR) is 70.7 cm³/mol. The quantitative estimate of drug-likeness (QED) is 0.919. The van der Waals surface area contributed by atoms with Crippen LogP contribution in [0.15, 0.2) is 12.1 Å². The predicted octanol–water partition coefficient (Wildman–Crippen LogP) is 3.73. The summed E-state index contributed by atoms with van der Waals surface area (Å²) in [6.45, 7) is 0. The molecule has 1 heterocycles. The van der Waals surface area contributed by atoms with Crippen molar-refractivity contribution in [1.82, 2.24) is 4.98 Å². The van der Waals surface area contributed by atoms with E-state index in [2.05, 4.69) is 4.98 Å². The number of fused-ring (bicyclic) bond motifs is 1. The molecule has 0 spiro atoms. The van der Waals surface area contributed by atoms with Crippen LogP contribution in [0.3, 0.4) is 0 Å². The highest BCUT2D eigenvalue weighted by Gasteiger charge is 2.31. The van der Waals surface area contributed by atoms with Crippen molar-refractivity contribution in [2.75, 3.05) is 0 Å². The Hall–Kier alpha value is -1.89. The minimum atomic E-state index is -1.04. The lowest BCUT2D eigenvalue weighted by molar-refractivity contribution is -0.139. The van der Waals surface area contributed by atoms with E-state index >= 15 is 0 Å². The van der Waals surface area contributed by atoms with Crippen molar-refractivity contribution in [2.45, 2.75) is 25.2 Å². The van der Waals surface area contributed by atoms with Gasteiger partial charge in [-0.05, 0) is 19.3 Å². The number of hydrogen-bond acceptors (Lipinski definition) is 3. The molecule has 2 aromatic rings. The van der Waals surface area contributed by atoms with Gasteiger partial charge >= 0.3 is 5.97 Å². The summed E-state index contributed by atoms with van der Waals surface area (Å²) in [5, 5.41) is 9.24. The molecule has 3 rings (SSSR count). The second kappa shape index (κ2) is 5.14. The van der Waals surface area contributed by atoms with Crippen LogP contribution in [0.5, 0.6) is 0 Å². The van der Waals surface area contributed by atoms with E-state index in [0.717, 1.165) is 16.2 Å². The molecule has 0 bridgehead atoms. The summed E-state index contributed by atoms with van der Waals surface area (Å²) in [4.78, 5) is 16.0. The molecule has 0 saturated carbocycles. The van der Waals surface area contributed by atoms with Crippen LogP contribution >= 0.6 is 11.3 Å². The molecular weight excluding hydrogens is 303 g/mol. The van der Waals surface area contributed by atoms with Crippen LogP contribution in [-0.4, -0.2) is 16.1 Å². The Kier molecular flexibility index (Phi) is 3.44. The Balaban J connectivity index is 2.12. The molecule has 21 heavy (non-hydrogen) atoms. The number of aromatic nitrogens is 1. The summed E-state index contributed by atoms with van der Waals surface area (Å²) >= 11 is 1.07. The number of thiazole rings is 1. The lowest BCUT2D eigenvalue weighted by Crippen LogP contribution is -2.17. The molecule has 0 amide bonds. The van der Waals surface area contributed by atoms with Crippen LogP contribution in [0.25, 0.3) is 10.6 Å². The van der Waals surface area contributed by atoms with Gasteiger partial charge in [0, 0.05) is 17.0 Å². The second-order valence-corrected chi connectivity index (χ2v) is 5.94. The fraction of sp³-hybridized carbons (Fsp3) is 0.286. The van der Waals surface area contributed by atoms with E-state index in [9.17, 15) is 23.1 Å². The number of rotatable bonds is 2. The van der Waals surface area contributed by atoms with Crippen molar-refractivity contribution >= 4 is 17.3 Å². The summed E-state index contributed by atoms with van der Waals surface area (Å²) in [7, 11) is 0. The number of halogens is 3. The number of aliphatic carboxylic acids is 1. The van der Waals surface area contributed by atoms with Gasteiger partial charge in [-0.25, -0.2) is 18.2 Å². The highest BCUT2D eigenvalue weighted by atomic mass is 32.1. The molecule has 0 fully saturated rings. The first-order valence-corrected chi connectivity index (χ1v) is 7.16. The molecule has 1 atom stereocenters. The standard InChI is InChI=1S/C14H10F3NO2S/c15-6-4-8(16)11(9(17)5-6)13-18-12-7(14(19)20)2-1-3-10(12)21-13/h4-5,7H,1-3H2,(H,19,20). The average molecular weight is 313 g/mol. The molecular formula is C14H10F3NO2S. The van der Waals surface area contributed by atoms with Gasteiger partial charge in [0.2, 0.25) is 0 Å². The number of carboxylic acids is 1. The maximum atomic E-state index is 13.8. The Morgan fingerprint density at radius 2 is 1.95 bits per heavy atom. The van der Waals surface area contributed by atoms with Crippen LogP contribution in [0.4, 0.5) is 13.2 Å². The average Bonchev–Trinajstić information content (AvgIpc) is 2.79. The zero-order chi connectivity index (χ0) is 15.1. The molecule has 1 aliphatic rings. The Morgan fingerprint density at radius 3 is 2.57 bits per heavy atom. The van der Waals surface area contributed by atoms with E-state index in [1.54, 1.807) is 0 Å². The van der Waals surface area contributed by atoms with Gasteiger partial charge in [-0.3, -0.25) is 4.79 Å². The zero-order valence-corrected chi connectivity index (χ0v) is 11.5. The highest BCUT2D eigenvalue weighted by molar-refractivity contribution is 7.15. The van der Waals surface area contributed by atoms with Crippen LogP contribution < -0.4 is 0 Å². The zero-order valence-electron chi connectivity index (χ0n) is 10.7. The van der Waals surface area contributed by atoms with Crippen molar-refractivity contribution < 1.29 is 23.1 Å². The molecule has 1 N–H and O–H groups in total. The summed E-state index contributed by atoms with van der Waals surface area (Å²) in [5.41, 5.74) is -0.0307. The van der Waals surface area contributed by atoms with Gasteiger partial charge in [-0.2, -0.15) is 0 Å².